The Morgan fingerprint density at radius 1 is 0.750 bits per heavy atom. The Bertz CT molecular complexity index is 2360. The fraction of sp³-hybridized carbons (Fsp3) is 0.463. The van der Waals surface area contributed by atoms with Crippen LogP contribution in [0.5, 0.6) is 11.5 Å². The fourth-order valence-electron chi connectivity index (χ4n) is 6.51. The molecule has 6 rings (SSSR count). The van der Waals surface area contributed by atoms with E-state index in [1.54, 1.807) is 38.3 Å². The number of nitrogens with two attached hydrogens (primary N) is 1. The minimum absolute atomic E-state index is 0.0764. The van der Waals surface area contributed by atoms with Gasteiger partial charge in [-0.25, -0.2) is 26.8 Å². The number of anilines is 1. The predicted octanol–water partition coefficient (Wildman–Crippen LogP) is 7.02. The van der Waals surface area contributed by atoms with Crippen molar-refractivity contribution in [3.8, 4) is 11.5 Å². The van der Waals surface area contributed by atoms with Crippen LogP contribution >= 0.6 is 23.2 Å². The van der Waals surface area contributed by atoms with Crippen molar-refractivity contribution >= 4 is 60.4 Å². The van der Waals surface area contributed by atoms with Gasteiger partial charge in [-0.2, -0.15) is 8.61 Å². The van der Waals surface area contributed by atoms with E-state index in [0.29, 0.717) is 63.4 Å². The number of aromatic nitrogens is 2. The summed E-state index contributed by atoms with van der Waals surface area (Å²) in [5.74, 6) is 1.31. The average Bonchev–Trinajstić information content (AvgIpc) is 3.28. The van der Waals surface area contributed by atoms with Gasteiger partial charge < -0.3 is 25.4 Å². The van der Waals surface area contributed by atoms with Crippen molar-refractivity contribution in [1.29, 1.82) is 0 Å². The lowest BCUT2D eigenvalue weighted by atomic mass is 10.1. The molecule has 23 heteroatoms. The number of benzene rings is 2. The standard InChI is InChI=1S/C18H22N4O5S.C12H17ClN2O3S.C6H15N.C5H3ClN2O2/c1-13-12-15(5-6-17(13)27-2)28(25,26)21-10-7-14(8-11-21)20-18-16(22(23)24)4-3-9-19-18;1-18-12-3-2-10(8-11(12)13)19(16,17)15-6-4-9(14)5-7-15;1-4-7(5-2)6-3;6-5-4(8(9)10)2-1-3-7-5/h3-6,9,12,14H,7-8,10-11H2,1-2H3,(H,19,20);2-3,8-9H,4-7,14H2,1H3;4-6H2,1-3H3;1-3H. The van der Waals surface area contributed by atoms with E-state index in [9.17, 15) is 37.1 Å². The normalized spacial score (nSPS) is 15.0. The minimum atomic E-state index is -3.60. The van der Waals surface area contributed by atoms with Crippen molar-refractivity contribution in [2.45, 2.75) is 75.3 Å². The highest BCUT2D eigenvalue weighted by atomic mass is 35.5. The first-order valence-corrected chi connectivity index (χ1v) is 24.0. The molecule has 0 unspecified atom stereocenters. The van der Waals surface area contributed by atoms with Crippen molar-refractivity contribution < 1.29 is 36.2 Å². The third-order valence-corrected chi connectivity index (χ3v) is 14.7. The molecule has 2 aromatic carbocycles. The first-order valence-electron chi connectivity index (χ1n) is 20.4. The molecule has 0 bridgehead atoms. The molecule has 64 heavy (non-hydrogen) atoms. The Hall–Kier alpha value is -4.74. The van der Waals surface area contributed by atoms with Crippen molar-refractivity contribution in [3.63, 3.8) is 0 Å². The molecule has 4 heterocycles. The molecule has 0 spiro atoms. The number of nitro groups is 2. The van der Waals surface area contributed by atoms with E-state index in [0.717, 1.165) is 5.56 Å². The summed E-state index contributed by atoms with van der Waals surface area (Å²) < 4.78 is 63.8. The maximum atomic E-state index is 12.9. The van der Waals surface area contributed by atoms with Gasteiger partial charge in [0, 0.05) is 62.8 Å². The monoisotopic (exact) mass is 969 g/mol. The number of hydrogen-bond donors (Lipinski definition) is 2. The van der Waals surface area contributed by atoms with Crippen LogP contribution < -0.4 is 20.5 Å². The number of piperidine rings is 2. The number of nitrogens with zero attached hydrogens (tertiary/aromatic N) is 7. The lowest BCUT2D eigenvalue weighted by Gasteiger charge is -2.31. The van der Waals surface area contributed by atoms with Gasteiger partial charge in [0.25, 0.3) is 0 Å². The smallest absolute Gasteiger partial charge is 0.311 e. The second-order valence-corrected chi connectivity index (χ2v) is 19.0. The predicted molar refractivity (Wildman–Crippen MR) is 247 cm³/mol. The number of halogens is 2. The molecule has 0 amide bonds. The minimum Gasteiger partial charge on any atom is -0.496 e. The Kier molecular flexibility index (Phi) is 21.5. The number of hydrogen-bond acceptors (Lipinski definition) is 15. The van der Waals surface area contributed by atoms with Crippen molar-refractivity contribution in [2.75, 3.05) is 65.3 Å². The lowest BCUT2D eigenvalue weighted by Crippen LogP contribution is -2.42. The third kappa shape index (κ3) is 15.2. The second-order valence-electron chi connectivity index (χ2n) is 14.3. The van der Waals surface area contributed by atoms with E-state index < -0.39 is 29.9 Å². The number of sulfonamides is 2. The SMILES string of the molecule is CCN(CC)CC.COc1ccc(S(=O)(=O)N2CCC(N)CC2)cc1Cl.COc1ccc(S(=O)(=O)N2CCC(Nc3ncccc3[N+](=O)[O-])CC2)cc1C.O=[N+]([O-])c1cccnc1Cl. The number of methoxy groups -OCH3 is 2. The van der Waals surface area contributed by atoms with Crippen molar-refractivity contribution in [3.05, 3.63) is 109 Å². The van der Waals surface area contributed by atoms with Crippen LogP contribution in [-0.4, -0.2) is 122 Å². The van der Waals surface area contributed by atoms with Gasteiger partial charge in [-0.05, 0) is 106 Å². The highest BCUT2D eigenvalue weighted by molar-refractivity contribution is 7.89. The van der Waals surface area contributed by atoms with Crippen LogP contribution in [0.1, 0.15) is 52.0 Å². The number of aryl methyl sites for hydroxylation is 1. The van der Waals surface area contributed by atoms with Crippen LogP contribution in [0, 0.1) is 27.2 Å². The van der Waals surface area contributed by atoms with Crippen molar-refractivity contribution in [2.24, 2.45) is 5.73 Å². The Morgan fingerprint density at radius 2 is 1.22 bits per heavy atom. The number of rotatable bonds is 13. The summed E-state index contributed by atoms with van der Waals surface area (Å²) in [5.41, 5.74) is 6.28. The molecule has 2 aliphatic heterocycles. The highest BCUT2D eigenvalue weighted by Crippen LogP contribution is 2.30. The van der Waals surface area contributed by atoms with Gasteiger partial charge in [0.1, 0.15) is 11.5 Å². The van der Waals surface area contributed by atoms with Gasteiger partial charge in [0.05, 0.1) is 38.9 Å². The molecule has 2 aromatic heterocycles. The van der Waals surface area contributed by atoms with Crippen LogP contribution in [0.2, 0.25) is 10.2 Å². The van der Waals surface area contributed by atoms with Crippen LogP contribution in [0.3, 0.4) is 0 Å². The summed E-state index contributed by atoms with van der Waals surface area (Å²) >= 11 is 11.3. The summed E-state index contributed by atoms with van der Waals surface area (Å²) in [5, 5.41) is 24.5. The fourth-order valence-corrected chi connectivity index (χ4v) is 10.1. The molecule has 352 valence electrons. The van der Waals surface area contributed by atoms with Crippen molar-refractivity contribution in [1.82, 2.24) is 23.5 Å². The van der Waals surface area contributed by atoms with E-state index in [2.05, 4.69) is 41.0 Å². The number of nitrogens with one attached hydrogen (secondary N) is 1. The molecule has 0 aliphatic carbocycles. The molecule has 4 aromatic rings. The molecule has 0 saturated carbocycles. The summed E-state index contributed by atoms with van der Waals surface area (Å²) in [7, 11) is -4.07. The number of ether oxygens (including phenoxy) is 2. The Balaban J connectivity index is 0.000000259. The second kappa shape index (κ2) is 25.7. The van der Waals surface area contributed by atoms with Gasteiger partial charge in [-0.3, -0.25) is 20.2 Å². The zero-order valence-electron chi connectivity index (χ0n) is 36.7. The molecule has 2 aliphatic rings. The number of pyridine rings is 2. The van der Waals surface area contributed by atoms with Crippen LogP contribution in [-0.2, 0) is 20.0 Å². The molecule has 19 nitrogen and oxygen atoms in total. The summed E-state index contributed by atoms with van der Waals surface area (Å²) in [6.07, 6.45) is 5.31. The first kappa shape index (κ1) is 53.6. The van der Waals surface area contributed by atoms with E-state index >= 15 is 0 Å². The van der Waals surface area contributed by atoms with Gasteiger partial charge in [0.2, 0.25) is 31.0 Å². The average molecular weight is 971 g/mol. The molecule has 0 atom stereocenters. The summed E-state index contributed by atoms with van der Waals surface area (Å²) in [6, 6.07) is 15.0. The largest absolute Gasteiger partial charge is 0.496 e. The highest BCUT2D eigenvalue weighted by Gasteiger charge is 2.31. The zero-order valence-corrected chi connectivity index (χ0v) is 39.9. The van der Waals surface area contributed by atoms with Gasteiger partial charge in [0.15, 0.2) is 0 Å². The molecule has 2 fully saturated rings. The first-order chi connectivity index (χ1) is 30.3. The maximum Gasteiger partial charge on any atom is 0.311 e. The van der Waals surface area contributed by atoms with Crippen LogP contribution in [0.4, 0.5) is 17.2 Å². The van der Waals surface area contributed by atoms with E-state index in [-0.39, 0.29) is 49.2 Å². The third-order valence-electron chi connectivity index (χ3n) is 10.3. The molecule has 2 saturated heterocycles. The van der Waals surface area contributed by atoms with Gasteiger partial charge in [-0.15, -0.1) is 0 Å². The lowest BCUT2D eigenvalue weighted by molar-refractivity contribution is -0.385. The maximum absolute atomic E-state index is 12.9. The quantitative estimate of drug-likeness (QED) is 0.0776. The van der Waals surface area contributed by atoms with Crippen LogP contribution in [0.25, 0.3) is 0 Å². The van der Waals surface area contributed by atoms with Gasteiger partial charge >= 0.3 is 11.4 Å². The molecule has 3 N–H and O–H groups in total. The Morgan fingerprint density at radius 3 is 1.64 bits per heavy atom. The topological polar surface area (TPSA) is 247 Å². The van der Waals surface area contributed by atoms with Crippen LogP contribution in [0.15, 0.2) is 82.8 Å². The molecular formula is C41H57Cl2N9O10S2. The van der Waals surface area contributed by atoms with E-state index in [1.807, 2.05) is 0 Å². The van der Waals surface area contributed by atoms with Gasteiger partial charge in [-0.1, -0.05) is 44.0 Å². The van der Waals surface area contributed by atoms with E-state index in [1.165, 1.54) is 84.1 Å². The summed E-state index contributed by atoms with van der Waals surface area (Å²) in [4.78, 5) is 30.5. The van der Waals surface area contributed by atoms with E-state index in [4.69, 9.17) is 38.4 Å². The molecule has 0 radical (unpaired) electrons. The molecular weight excluding hydrogens is 914 g/mol. The summed E-state index contributed by atoms with van der Waals surface area (Å²) in [6.45, 7) is 13.5. The zero-order chi connectivity index (χ0) is 47.6. The Labute approximate surface area is 385 Å².